The van der Waals surface area contributed by atoms with E-state index >= 15 is 0 Å². The summed E-state index contributed by atoms with van der Waals surface area (Å²) in [6.07, 6.45) is 0. The smallest absolute Gasteiger partial charge is 0.252 e. The number of benzene rings is 1. The van der Waals surface area contributed by atoms with Crippen LogP contribution in [0, 0.1) is 13.8 Å². The molecule has 2 N–H and O–H groups in total. The molecule has 1 atom stereocenters. The van der Waals surface area contributed by atoms with E-state index in [1.165, 1.54) is 11.3 Å². The maximum Gasteiger partial charge on any atom is 0.252 e. The van der Waals surface area contributed by atoms with E-state index in [2.05, 4.69) is 10.3 Å². The molecule has 0 radical (unpaired) electrons. The van der Waals surface area contributed by atoms with Crippen molar-refractivity contribution in [2.24, 2.45) is 0 Å². The van der Waals surface area contributed by atoms with E-state index in [0.29, 0.717) is 11.1 Å². The summed E-state index contributed by atoms with van der Waals surface area (Å²) >= 11 is 1.53. The molecule has 0 aliphatic rings. The Balaban J connectivity index is 2.15. The zero-order valence-corrected chi connectivity index (χ0v) is 11.9. The Morgan fingerprint density at radius 2 is 2.16 bits per heavy atom. The van der Waals surface area contributed by atoms with Crippen molar-refractivity contribution in [2.45, 2.75) is 26.8 Å². The number of hydrogen-bond acceptors (Lipinski definition) is 4. The molecule has 2 rings (SSSR count). The van der Waals surface area contributed by atoms with E-state index in [1.807, 2.05) is 19.2 Å². The van der Waals surface area contributed by atoms with Gasteiger partial charge in [0.15, 0.2) is 0 Å². The number of amides is 1. The summed E-state index contributed by atoms with van der Waals surface area (Å²) in [6.45, 7) is 5.55. The quantitative estimate of drug-likeness (QED) is 0.906. The van der Waals surface area contributed by atoms with E-state index < -0.39 is 0 Å². The first-order chi connectivity index (χ1) is 8.99. The predicted molar refractivity (Wildman–Crippen MR) is 75.6 cm³/mol. The lowest BCUT2D eigenvalue weighted by molar-refractivity contribution is 0.0938. The molecular weight excluding hydrogens is 260 g/mol. The summed E-state index contributed by atoms with van der Waals surface area (Å²) in [5, 5.41) is 15.3. The van der Waals surface area contributed by atoms with Crippen molar-refractivity contribution in [2.75, 3.05) is 0 Å². The number of carbonyl (C=O) groups excluding carboxylic acids is 1. The van der Waals surface area contributed by atoms with Crippen LogP contribution in [0.25, 0.3) is 0 Å². The second kappa shape index (κ2) is 5.40. The maximum absolute atomic E-state index is 12.2. The monoisotopic (exact) mass is 276 g/mol. The fourth-order valence-corrected chi connectivity index (χ4v) is 2.58. The Kier molecular flexibility index (Phi) is 3.85. The molecule has 1 amide bonds. The van der Waals surface area contributed by atoms with Gasteiger partial charge in [-0.1, -0.05) is 6.07 Å². The van der Waals surface area contributed by atoms with E-state index in [-0.39, 0.29) is 17.7 Å². The number of phenolic OH excluding ortho intramolecular Hbond substituents is 1. The number of aromatic nitrogens is 1. The number of aryl methyl sites for hydroxylation is 1. The molecule has 0 spiro atoms. The Morgan fingerprint density at radius 1 is 1.42 bits per heavy atom. The zero-order valence-electron chi connectivity index (χ0n) is 11.1. The molecule has 4 nitrogen and oxygen atoms in total. The summed E-state index contributed by atoms with van der Waals surface area (Å²) in [5.74, 6) is -0.0702. The van der Waals surface area contributed by atoms with Gasteiger partial charge in [-0.2, -0.15) is 0 Å². The number of hydrogen-bond donors (Lipinski definition) is 2. The Hall–Kier alpha value is -1.88. The van der Waals surface area contributed by atoms with Crippen LogP contribution in [0.5, 0.6) is 5.75 Å². The molecule has 5 heteroatoms. The largest absolute Gasteiger partial charge is 0.508 e. The van der Waals surface area contributed by atoms with Crippen molar-refractivity contribution in [1.29, 1.82) is 0 Å². The molecule has 1 aromatic carbocycles. The average molecular weight is 276 g/mol. The summed E-state index contributed by atoms with van der Waals surface area (Å²) < 4.78 is 0. The molecular formula is C14H16N2O2S. The summed E-state index contributed by atoms with van der Waals surface area (Å²) in [5.41, 5.74) is 2.03. The minimum Gasteiger partial charge on any atom is -0.508 e. The van der Waals surface area contributed by atoms with Crippen molar-refractivity contribution < 1.29 is 9.90 Å². The summed E-state index contributed by atoms with van der Waals surface area (Å²) in [7, 11) is 0. The second-order valence-corrected chi connectivity index (χ2v) is 5.36. The van der Waals surface area contributed by atoms with Crippen LogP contribution < -0.4 is 5.32 Å². The van der Waals surface area contributed by atoms with Gasteiger partial charge in [-0.15, -0.1) is 11.3 Å². The molecule has 0 aliphatic heterocycles. The molecule has 0 aliphatic carbocycles. The van der Waals surface area contributed by atoms with E-state index in [9.17, 15) is 9.90 Å². The van der Waals surface area contributed by atoms with Gasteiger partial charge in [0.05, 0.1) is 6.04 Å². The molecule has 2 aromatic rings. The Labute approximate surface area is 116 Å². The van der Waals surface area contributed by atoms with Gasteiger partial charge in [-0.05, 0) is 32.9 Å². The number of nitrogens with one attached hydrogen (secondary N) is 1. The third-order valence-corrected chi connectivity index (χ3v) is 4.05. The molecule has 100 valence electrons. The fraction of sp³-hybridized carbons (Fsp3) is 0.286. The topological polar surface area (TPSA) is 62.2 Å². The van der Waals surface area contributed by atoms with Gasteiger partial charge in [0, 0.05) is 22.2 Å². The molecule has 1 heterocycles. The first-order valence-electron chi connectivity index (χ1n) is 6.00. The maximum atomic E-state index is 12.2. The average Bonchev–Trinajstić information content (AvgIpc) is 2.79. The van der Waals surface area contributed by atoms with E-state index in [0.717, 1.165) is 10.7 Å². The van der Waals surface area contributed by atoms with Crippen LogP contribution in [-0.2, 0) is 0 Å². The Morgan fingerprint density at radius 3 is 2.79 bits per heavy atom. The third-order valence-electron chi connectivity index (χ3n) is 2.90. The number of nitrogens with zero attached hydrogens (tertiary/aromatic N) is 1. The van der Waals surface area contributed by atoms with Gasteiger partial charge in [-0.3, -0.25) is 4.79 Å². The Bertz CT molecular complexity index is 607. The van der Waals surface area contributed by atoms with Crippen LogP contribution in [0.4, 0.5) is 0 Å². The van der Waals surface area contributed by atoms with Crippen LogP contribution in [0.3, 0.4) is 0 Å². The zero-order chi connectivity index (χ0) is 14.0. The van der Waals surface area contributed by atoms with Crippen LogP contribution in [0.1, 0.15) is 39.6 Å². The van der Waals surface area contributed by atoms with Gasteiger partial charge in [0.25, 0.3) is 5.91 Å². The van der Waals surface area contributed by atoms with Crippen molar-refractivity contribution >= 4 is 17.2 Å². The molecule has 19 heavy (non-hydrogen) atoms. The van der Waals surface area contributed by atoms with Crippen molar-refractivity contribution in [3.63, 3.8) is 0 Å². The highest BCUT2D eigenvalue weighted by Gasteiger charge is 2.16. The lowest BCUT2D eigenvalue weighted by Gasteiger charge is -2.13. The molecule has 0 bridgehead atoms. The van der Waals surface area contributed by atoms with Crippen molar-refractivity contribution in [3.8, 4) is 5.75 Å². The molecule has 0 saturated heterocycles. The number of aromatic hydroxyl groups is 1. The highest BCUT2D eigenvalue weighted by molar-refractivity contribution is 7.09. The lowest BCUT2D eigenvalue weighted by Crippen LogP contribution is -2.27. The molecule has 1 aromatic heterocycles. The first-order valence-corrected chi connectivity index (χ1v) is 6.88. The number of phenols is 1. The van der Waals surface area contributed by atoms with Gasteiger partial charge in [-0.25, -0.2) is 4.98 Å². The SMILES string of the molecule is Cc1csc([C@@H](C)NC(=O)c2cccc(O)c2C)n1. The minimum absolute atomic E-state index is 0.130. The minimum atomic E-state index is -0.200. The standard InChI is InChI=1S/C14H16N2O2S/c1-8-7-19-14(15-8)10(3)16-13(18)11-5-4-6-12(17)9(11)2/h4-7,10,17H,1-3H3,(H,16,18)/t10-/m1/s1. The van der Waals surface area contributed by atoms with Gasteiger partial charge in [0.2, 0.25) is 0 Å². The van der Waals surface area contributed by atoms with Gasteiger partial charge in [0.1, 0.15) is 10.8 Å². The molecule has 0 unspecified atom stereocenters. The van der Waals surface area contributed by atoms with Gasteiger partial charge < -0.3 is 10.4 Å². The predicted octanol–water partition coefficient (Wildman–Crippen LogP) is 2.96. The first kappa shape index (κ1) is 13.5. The molecule has 0 saturated carbocycles. The number of carbonyl (C=O) groups is 1. The number of rotatable bonds is 3. The molecule has 0 fully saturated rings. The highest BCUT2D eigenvalue weighted by Crippen LogP contribution is 2.21. The summed E-state index contributed by atoms with van der Waals surface area (Å²) in [4.78, 5) is 16.5. The summed E-state index contributed by atoms with van der Waals surface area (Å²) in [6, 6.07) is 4.78. The van der Waals surface area contributed by atoms with Gasteiger partial charge >= 0.3 is 0 Å². The van der Waals surface area contributed by atoms with Crippen molar-refractivity contribution in [3.05, 3.63) is 45.4 Å². The van der Waals surface area contributed by atoms with Crippen LogP contribution in [-0.4, -0.2) is 16.0 Å². The van der Waals surface area contributed by atoms with Crippen molar-refractivity contribution in [1.82, 2.24) is 10.3 Å². The van der Waals surface area contributed by atoms with Crippen LogP contribution >= 0.6 is 11.3 Å². The van der Waals surface area contributed by atoms with Crippen LogP contribution in [0.15, 0.2) is 23.6 Å². The normalized spacial score (nSPS) is 12.2. The van der Waals surface area contributed by atoms with E-state index in [1.54, 1.807) is 25.1 Å². The van der Waals surface area contributed by atoms with Crippen LogP contribution in [0.2, 0.25) is 0 Å². The third kappa shape index (κ3) is 2.93. The number of thiazole rings is 1. The lowest BCUT2D eigenvalue weighted by atomic mass is 10.1. The van der Waals surface area contributed by atoms with E-state index in [4.69, 9.17) is 0 Å². The highest BCUT2D eigenvalue weighted by atomic mass is 32.1. The second-order valence-electron chi connectivity index (χ2n) is 4.47. The fourth-order valence-electron chi connectivity index (χ4n) is 1.78.